The Morgan fingerprint density at radius 1 is 1.44 bits per heavy atom. The molecule has 2 aliphatic heterocycles. The third kappa shape index (κ3) is 3.01. The van der Waals surface area contributed by atoms with Gasteiger partial charge in [-0.15, -0.1) is 0 Å². The summed E-state index contributed by atoms with van der Waals surface area (Å²) in [7, 11) is 0. The highest BCUT2D eigenvalue weighted by Gasteiger charge is 2.29. The van der Waals surface area contributed by atoms with E-state index in [1.807, 2.05) is 9.80 Å². The zero-order chi connectivity index (χ0) is 13.0. The molecule has 0 aromatic carbocycles. The molecule has 0 saturated carbocycles. The number of hydrogen-bond acceptors (Lipinski definition) is 4. The molecule has 0 unspecified atom stereocenters. The normalized spacial score (nSPS) is 29.9. The van der Waals surface area contributed by atoms with Crippen molar-refractivity contribution in [1.82, 2.24) is 9.80 Å². The minimum absolute atomic E-state index is 0.157. The summed E-state index contributed by atoms with van der Waals surface area (Å²) in [6.07, 6.45) is 3.40. The highest BCUT2D eigenvalue weighted by atomic mass is 16.5. The average Bonchev–Trinajstić information content (AvgIpc) is 2.39. The van der Waals surface area contributed by atoms with Gasteiger partial charge < -0.3 is 9.64 Å². The highest BCUT2D eigenvalue weighted by molar-refractivity contribution is 5.78. The summed E-state index contributed by atoms with van der Waals surface area (Å²) in [5.41, 5.74) is 0. The van der Waals surface area contributed by atoms with E-state index < -0.39 is 0 Å². The maximum atomic E-state index is 12.3. The van der Waals surface area contributed by atoms with Crippen molar-refractivity contribution < 1.29 is 9.53 Å². The lowest BCUT2D eigenvalue weighted by atomic mass is 10.0. The molecule has 2 fully saturated rings. The lowest BCUT2D eigenvalue weighted by Gasteiger charge is -2.37. The molecule has 0 aromatic rings. The van der Waals surface area contributed by atoms with Gasteiger partial charge in [-0.1, -0.05) is 0 Å². The molecule has 0 aliphatic carbocycles. The average molecular weight is 251 g/mol. The van der Waals surface area contributed by atoms with Crippen molar-refractivity contribution in [1.29, 1.82) is 5.26 Å². The standard InChI is InChI=1S/C13H21N3O2/c1-11-4-2-3-5-16(11)13(17)9-15-6-7-18-10-12(15)8-14/h11-12H,2-7,9-10H2,1H3/t11-,12+/m0/s1. The smallest absolute Gasteiger partial charge is 0.237 e. The first-order valence-electron chi connectivity index (χ1n) is 6.73. The van der Waals surface area contributed by atoms with Crippen LogP contribution in [0.4, 0.5) is 0 Å². The van der Waals surface area contributed by atoms with E-state index >= 15 is 0 Å². The van der Waals surface area contributed by atoms with Gasteiger partial charge in [0.05, 0.1) is 25.8 Å². The number of carbonyl (C=O) groups is 1. The Morgan fingerprint density at radius 3 is 3.00 bits per heavy atom. The third-order valence-electron chi connectivity index (χ3n) is 3.85. The van der Waals surface area contributed by atoms with Crippen LogP contribution in [0.3, 0.4) is 0 Å². The maximum Gasteiger partial charge on any atom is 0.237 e. The van der Waals surface area contributed by atoms with Gasteiger partial charge in [-0.2, -0.15) is 5.26 Å². The number of nitriles is 1. The van der Waals surface area contributed by atoms with Crippen molar-refractivity contribution in [2.75, 3.05) is 32.8 Å². The number of likely N-dealkylation sites (tertiary alicyclic amines) is 1. The SMILES string of the molecule is C[C@H]1CCCCN1C(=O)CN1CCOC[C@H]1C#N. The zero-order valence-electron chi connectivity index (χ0n) is 11.0. The van der Waals surface area contributed by atoms with Crippen molar-refractivity contribution in [2.24, 2.45) is 0 Å². The van der Waals surface area contributed by atoms with Gasteiger partial charge in [0.15, 0.2) is 0 Å². The largest absolute Gasteiger partial charge is 0.377 e. The molecule has 2 atom stereocenters. The zero-order valence-corrected chi connectivity index (χ0v) is 11.0. The Hall–Kier alpha value is -1.12. The molecule has 18 heavy (non-hydrogen) atoms. The summed E-state index contributed by atoms with van der Waals surface area (Å²) in [5.74, 6) is 0.157. The minimum atomic E-state index is -0.275. The maximum absolute atomic E-state index is 12.3. The van der Waals surface area contributed by atoms with Crippen molar-refractivity contribution >= 4 is 5.91 Å². The molecule has 0 radical (unpaired) electrons. The quantitative estimate of drug-likeness (QED) is 0.721. The second-order valence-electron chi connectivity index (χ2n) is 5.12. The van der Waals surface area contributed by atoms with E-state index in [4.69, 9.17) is 10.00 Å². The van der Waals surface area contributed by atoms with Gasteiger partial charge in [-0.25, -0.2) is 0 Å². The summed E-state index contributed by atoms with van der Waals surface area (Å²) < 4.78 is 5.26. The van der Waals surface area contributed by atoms with Gasteiger partial charge >= 0.3 is 0 Å². The number of nitrogens with zero attached hydrogens (tertiary/aromatic N) is 3. The van der Waals surface area contributed by atoms with Crippen LogP contribution in [0.15, 0.2) is 0 Å². The van der Waals surface area contributed by atoms with Crippen LogP contribution < -0.4 is 0 Å². The molecule has 5 nitrogen and oxygen atoms in total. The Kier molecular flexibility index (Phi) is 4.56. The predicted octanol–water partition coefficient (Wildman–Crippen LogP) is 0.612. The molecule has 2 rings (SSSR count). The highest BCUT2D eigenvalue weighted by Crippen LogP contribution is 2.17. The molecule has 0 aromatic heterocycles. The second-order valence-corrected chi connectivity index (χ2v) is 5.12. The molecule has 2 saturated heterocycles. The minimum Gasteiger partial charge on any atom is -0.377 e. The van der Waals surface area contributed by atoms with Gasteiger partial charge in [0.25, 0.3) is 0 Å². The van der Waals surface area contributed by atoms with E-state index in [2.05, 4.69) is 13.0 Å². The second kappa shape index (κ2) is 6.17. The predicted molar refractivity (Wildman–Crippen MR) is 66.8 cm³/mol. The van der Waals surface area contributed by atoms with Gasteiger partial charge in [-0.3, -0.25) is 9.69 Å². The van der Waals surface area contributed by atoms with Crippen LogP contribution in [0, 0.1) is 11.3 Å². The van der Waals surface area contributed by atoms with Gasteiger partial charge in [-0.05, 0) is 26.2 Å². The Morgan fingerprint density at radius 2 is 2.28 bits per heavy atom. The molecule has 0 N–H and O–H groups in total. The fourth-order valence-electron chi connectivity index (χ4n) is 2.68. The molecular weight excluding hydrogens is 230 g/mol. The number of hydrogen-bond donors (Lipinski definition) is 0. The fourth-order valence-corrected chi connectivity index (χ4v) is 2.68. The van der Waals surface area contributed by atoms with E-state index in [0.717, 1.165) is 19.4 Å². The van der Waals surface area contributed by atoms with Crippen molar-refractivity contribution in [3.05, 3.63) is 0 Å². The lowest BCUT2D eigenvalue weighted by Crippen LogP contribution is -2.52. The lowest BCUT2D eigenvalue weighted by molar-refractivity contribution is -0.137. The van der Waals surface area contributed by atoms with E-state index in [1.165, 1.54) is 6.42 Å². The first-order chi connectivity index (χ1) is 8.72. The number of carbonyl (C=O) groups excluding carboxylic acids is 1. The molecule has 0 spiro atoms. The summed E-state index contributed by atoms with van der Waals surface area (Å²) >= 11 is 0. The molecule has 0 bridgehead atoms. The van der Waals surface area contributed by atoms with Crippen LogP contribution in [0.1, 0.15) is 26.2 Å². The third-order valence-corrected chi connectivity index (χ3v) is 3.85. The van der Waals surface area contributed by atoms with E-state index in [-0.39, 0.29) is 11.9 Å². The number of rotatable bonds is 2. The summed E-state index contributed by atoms with van der Waals surface area (Å²) in [4.78, 5) is 16.2. The van der Waals surface area contributed by atoms with Crippen LogP contribution in [0.5, 0.6) is 0 Å². The van der Waals surface area contributed by atoms with Gasteiger partial charge in [0.2, 0.25) is 5.91 Å². The molecule has 2 heterocycles. The van der Waals surface area contributed by atoms with Crippen LogP contribution >= 0.6 is 0 Å². The number of piperidine rings is 1. The van der Waals surface area contributed by atoms with Gasteiger partial charge in [0.1, 0.15) is 6.04 Å². The number of ether oxygens (including phenoxy) is 1. The van der Waals surface area contributed by atoms with E-state index in [1.54, 1.807) is 0 Å². The summed E-state index contributed by atoms with van der Waals surface area (Å²) in [5, 5.41) is 9.04. The number of morpholine rings is 1. The monoisotopic (exact) mass is 251 g/mol. The van der Waals surface area contributed by atoms with Gasteiger partial charge in [0, 0.05) is 19.1 Å². The molecule has 5 heteroatoms. The fraction of sp³-hybridized carbons (Fsp3) is 0.846. The van der Waals surface area contributed by atoms with Crippen molar-refractivity contribution in [3.8, 4) is 6.07 Å². The summed E-state index contributed by atoms with van der Waals surface area (Å²) in [6, 6.07) is 2.27. The Bertz CT molecular complexity index is 340. The van der Waals surface area contributed by atoms with Crippen LogP contribution in [0.25, 0.3) is 0 Å². The molecule has 100 valence electrons. The van der Waals surface area contributed by atoms with Crippen molar-refractivity contribution in [3.63, 3.8) is 0 Å². The Labute approximate surface area is 108 Å². The first-order valence-corrected chi connectivity index (χ1v) is 6.73. The van der Waals surface area contributed by atoms with E-state index in [0.29, 0.717) is 32.3 Å². The first kappa shape index (κ1) is 13.3. The topological polar surface area (TPSA) is 56.6 Å². The van der Waals surface area contributed by atoms with Crippen LogP contribution in [0.2, 0.25) is 0 Å². The molecular formula is C13H21N3O2. The molecule has 1 amide bonds. The van der Waals surface area contributed by atoms with Crippen LogP contribution in [-0.4, -0.2) is 60.6 Å². The summed E-state index contributed by atoms with van der Waals surface area (Å²) in [6.45, 7) is 5.03. The Balaban J connectivity index is 1.91. The number of amides is 1. The van der Waals surface area contributed by atoms with E-state index in [9.17, 15) is 4.79 Å². The van der Waals surface area contributed by atoms with Crippen molar-refractivity contribution in [2.45, 2.75) is 38.3 Å². The van der Waals surface area contributed by atoms with Crippen LogP contribution in [-0.2, 0) is 9.53 Å². The molecule has 2 aliphatic rings.